The molecule has 0 bridgehead atoms. The second-order valence-corrected chi connectivity index (χ2v) is 6.85. The molecule has 0 aliphatic carbocycles. The molecule has 0 saturated carbocycles. The van der Waals surface area contributed by atoms with Gasteiger partial charge in [0.15, 0.2) is 9.84 Å². The van der Waals surface area contributed by atoms with E-state index >= 15 is 0 Å². The molecule has 2 atom stereocenters. The molecule has 1 heterocycles. The van der Waals surface area contributed by atoms with Crippen molar-refractivity contribution in [1.29, 1.82) is 0 Å². The molecular formula is C12H14F2O3S. The maximum Gasteiger partial charge on any atom is 0.156 e. The highest BCUT2D eigenvalue weighted by molar-refractivity contribution is 7.92. The fourth-order valence-electron chi connectivity index (χ4n) is 2.28. The van der Waals surface area contributed by atoms with Gasteiger partial charge >= 0.3 is 0 Å². The van der Waals surface area contributed by atoms with E-state index in [0.29, 0.717) is 25.3 Å². The molecular weight excluding hydrogens is 262 g/mol. The van der Waals surface area contributed by atoms with Crippen LogP contribution in [0.3, 0.4) is 0 Å². The van der Waals surface area contributed by atoms with Gasteiger partial charge in [0.2, 0.25) is 0 Å². The van der Waals surface area contributed by atoms with Crippen LogP contribution in [0.2, 0.25) is 0 Å². The van der Waals surface area contributed by atoms with Crippen LogP contribution < -0.4 is 0 Å². The molecule has 2 rings (SSSR count). The first-order valence-electron chi connectivity index (χ1n) is 5.76. The smallest absolute Gasteiger partial charge is 0.156 e. The Morgan fingerprint density at radius 2 is 2.00 bits per heavy atom. The highest BCUT2D eigenvalue weighted by atomic mass is 32.2. The van der Waals surface area contributed by atoms with Crippen LogP contribution in [0.1, 0.15) is 30.9 Å². The summed E-state index contributed by atoms with van der Waals surface area (Å²) in [5, 5.41) is 9.02. The molecule has 1 N–H and O–H groups in total. The lowest BCUT2D eigenvalue weighted by atomic mass is 10.0. The van der Waals surface area contributed by atoms with Crippen molar-refractivity contribution in [1.82, 2.24) is 0 Å². The van der Waals surface area contributed by atoms with E-state index in [9.17, 15) is 22.3 Å². The van der Waals surface area contributed by atoms with E-state index in [1.807, 2.05) is 0 Å². The zero-order chi connectivity index (χ0) is 13.3. The Kier molecular flexibility index (Phi) is 3.68. The number of sulfone groups is 1. The summed E-state index contributed by atoms with van der Waals surface area (Å²) in [7, 11) is -3.41. The van der Waals surface area contributed by atoms with E-state index in [-0.39, 0.29) is 11.3 Å². The normalized spacial score (nSPS) is 24.7. The zero-order valence-electron chi connectivity index (χ0n) is 9.64. The Balaban J connectivity index is 2.33. The molecule has 1 fully saturated rings. The van der Waals surface area contributed by atoms with Gasteiger partial charge in [0.1, 0.15) is 11.6 Å². The lowest BCUT2D eigenvalue weighted by Crippen LogP contribution is -2.34. The van der Waals surface area contributed by atoms with Crippen LogP contribution in [-0.4, -0.2) is 24.5 Å². The van der Waals surface area contributed by atoms with Gasteiger partial charge in [-0.2, -0.15) is 0 Å². The molecule has 6 heteroatoms. The number of hydrogen-bond acceptors (Lipinski definition) is 3. The molecule has 3 nitrogen and oxygen atoms in total. The zero-order valence-corrected chi connectivity index (χ0v) is 10.5. The summed E-state index contributed by atoms with van der Waals surface area (Å²) < 4.78 is 49.9. The average molecular weight is 276 g/mol. The van der Waals surface area contributed by atoms with Gasteiger partial charge < -0.3 is 5.11 Å². The van der Waals surface area contributed by atoms with Gasteiger partial charge in [-0.15, -0.1) is 0 Å². The molecule has 0 amide bonds. The van der Waals surface area contributed by atoms with Crippen molar-refractivity contribution >= 4 is 9.84 Å². The van der Waals surface area contributed by atoms with E-state index in [2.05, 4.69) is 0 Å². The van der Waals surface area contributed by atoms with Crippen LogP contribution in [0, 0.1) is 11.6 Å². The van der Waals surface area contributed by atoms with Crippen molar-refractivity contribution in [3.05, 3.63) is 35.4 Å². The van der Waals surface area contributed by atoms with Crippen molar-refractivity contribution in [2.75, 3.05) is 5.75 Å². The summed E-state index contributed by atoms with van der Waals surface area (Å²) in [6.07, 6.45) is 0.123. The largest absolute Gasteiger partial charge is 0.387 e. The molecule has 100 valence electrons. The minimum atomic E-state index is -3.41. The van der Waals surface area contributed by atoms with Crippen molar-refractivity contribution in [2.45, 2.75) is 30.6 Å². The fourth-order valence-corrected chi connectivity index (χ4v) is 4.25. The van der Waals surface area contributed by atoms with E-state index in [1.54, 1.807) is 0 Å². The predicted octanol–water partition coefficient (Wildman–Crippen LogP) is 1.97. The van der Waals surface area contributed by atoms with E-state index < -0.39 is 32.8 Å². The van der Waals surface area contributed by atoms with Gasteiger partial charge in [-0.25, -0.2) is 17.2 Å². The summed E-state index contributed by atoms with van der Waals surface area (Å²) in [4.78, 5) is 0. The minimum absolute atomic E-state index is 0.0114. The van der Waals surface area contributed by atoms with Crippen LogP contribution in [-0.2, 0) is 9.84 Å². The van der Waals surface area contributed by atoms with E-state index in [4.69, 9.17) is 0 Å². The second-order valence-electron chi connectivity index (χ2n) is 4.51. The van der Waals surface area contributed by atoms with Gasteiger partial charge in [-0.3, -0.25) is 0 Å². The number of hydrogen-bond donors (Lipinski definition) is 1. The quantitative estimate of drug-likeness (QED) is 0.898. The fraction of sp³-hybridized carbons (Fsp3) is 0.500. The Labute approximate surface area is 104 Å². The van der Waals surface area contributed by atoms with Crippen molar-refractivity contribution in [2.24, 2.45) is 0 Å². The number of halogens is 2. The van der Waals surface area contributed by atoms with Crippen molar-refractivity contribution in [3.63, 3.8) is 0 Å². The second kappa shape index (κ2) is 4.93. The predicted molar refractivity (Wildman–Crippen MR) is 62.7 cm³/mol. The van der Waals surface area contributed by atoms with Crippen LogP contribution in [0.15, 0.2) is 18.2 Å². The number of aliphatic hydroxyl groups excluding tert-OH is 1. The van der Waals surface area contributed by atoms with Crippen molar-refractivity contribution in [3.8, 4) is 0 Å². The maximum atomic E-state index is 13.5. The first kappa shape index (κ1) is 13.4. The number of aliphatic hydroxyl groups is 1. The third-order valence-corrected chi connectivity index (χ3v) is 5.54. The molecule has 1 aromatic carbocycles. The Morgan fingerprint density at radius 3 is 2.61 bits per heavy atom. The standard InChI is InChI=1S/C12H14F2O3S/c13-8-4-5-9(10(14)7-8)12(15)11-3-1-2-6-18(11,16)17/h4-5,7,11-12,15H,1-3,6H2. The monoisotopic (exact) mass is 276 g/mol. The molecule has 1 aliphatic heterocycles. The summed E-state index contributed by atoms with van der Waals surface area (Å²) in [6, 6.07) is 2.75. The Bertz CT molecular complexity index is 542. The van der Waals surface area contributed by atoms with Gasteiger partial charge in [-0.1, -0.05) is 12.5 Å². The molecule has 18 heavy (non-hydrogen) atoms. The lowest BCUT2D eigenvalue weighted by molar-refractivity contribution is 0.160. The summed E-state index contributed by atoms with van der Waals surface area (Å²) in [6.45, 7) is 0. The van der Waals surface area contributed by atoms with Crippen LogP contribution in [0.5, 0.6) is 0 Å². The molecule has 0 aromatic heterocycles. The third-order valence-electron chi connectivity index (χ3n) is 3.26. The molecule has 1 aliphatic rings. The van der Waals surface area contributed by atoms with E-state index in [1.165, 1.54) is 0 Å². The number of rotatable bonds is 2. The Hall–Kier alpha value is -1.01. The summed E-state index contributed by atoms with van der Waals surface area (Å²) in [5.41, 5.74) is -0.160. The van der Waals surface area contributed by atoms with Gasteiger partial charge in [0.25, 0.3) is 0 Å². The Morgan fingerprint density at radius 1 is 1.28 bits per heavy atom. The van der Waals surface area contributed by atoms with Crippen LogP contribution in [0.4, 0.5) is 8.78 Å². The van der Waals surface area contributed by atoms with Crippen LogP contribution >= 0.6 is 0 Å². The lowest BCUT2D eigenvalue weighted by Gasteiger charge is -2.27. The van der Waals surface area contributed by atoms with Crippen molar-refractivity contribution < 1.29 is 22.3 Å². The minimum Gasteiger partial charge on any atom is -0.387 e. The van der Waals surface area contributed by atoms with E-state index in [0.717, 1.165) is 12.1 Å². The molecule has 0 spiro atoms. The first-order valence-corrected chi connectivity index (χ1v) is 7.48. The summed E-state index contributed by atoms with van der Waals surface area (Å²) >= 11 is 0. The topological polar surface area (TPSA) is 54.4 Å². The van der Waals surface area contributed by atoms with Crippen LogP contribution in [0.25, 0.3) is 0 Å². The molecule has 1 saturated heterocycles. The molecule has 2 unspecified atom stereocenters. The van der Waals surface area contributed by atoms with Gasteiger partial charge in [0.05, 0.1) is 17.1 Å². The number of benzene rings is 1. The SMILES string of the molecule is O=S1(=O)CCCCC1C(O)c1ccc(F)cc1F. The first-order chi connectivity index (χ1) is 8.42. The molecule has 1 aromatic rings. The summed E-state index contributed by atoms with van der Waals surface area (Å²) in [5.74, 6) is -1.66. The van der Waals surface area contributed by atoms with Gasteiger partial charge in [-0.05, 0) is 18.9 Å². The average Bonchev–Trinajstić information content (AvgIpc) is 2.27. The van der Waals surface area contributed by atoms with Gasteiger partial charge in [0, 0.05) is 11.6 Å². The highest BCUT2D eigenvalue weighted by Crippen LogP contribution is 2.31. The molecule has 0 radical (unpaired) electrons. The highest BCUT2D eigenvalue weighted by Gasteiger charge is 2.36. The maximum absolute atomic E-state index is 13.5. The third kappa shape index (κ3) is 2.54.